The molecule has 1 atom stereocenters. The minimum atomic E-state index is -0.702. The number of hydrogen-bond donors (Lipinski definition) is 0. The van der Waals surface area contributed by atoms with Crippen molar-refractivity contribution in [2.24, 2.45) is 0 Å². The Kier molecular flexibility index (Phi) is 5.51. The fourth-order valence-electron chi connectivity index (χ4n) is 2.95. The van der Waals surface area contributed by atoms with E-state index in [1.54, 1.807) is 30.3 Å². The fraction of sp³-hybridized carbons (Fsp3) is 0.238. The molecule has 0 bridgehead atoms. The number of nitrogens with zero attached hydrogens (tertiary/aromatic N) is 1. The van der Waals surface area contributed by atoms with E-state index in [0.717, 1.165) is 5.56 Å². The van der Waals surface area contributed by atoms with E-state index < -0.39 is 12.1 Å². The second kappa shape index (κ2) is 7.84. The van der Waals surface area contributed by atoms with Crippen LogP contribution in [0.3, 0.4) is 0 Å². The Labute approximate surface area is 162 Å². The maximum absolute atomic E-state index is 13.1. The molecule has 140 valence electrons. The van der Waals surface area contributed by atoms with Crippen LogP contribution in [0.25, 0.3) is 10.9 Å². The molecular formula is C21H20ClNO4. The summed E-state index contributed by atoms with van der Waals surface area (Å²) in [4.78, 5) is 25.2. The second-order valence-corrected chi connectivity index (χ2v) is 6.59. The zero-order valence-corrected chi connectivity index (χ0v) is 16.1. The molecule has 0 fully saturated rings. The van der Waals surface area contributed by atoms with Crippen molar-refractivity contribution in [1.29, 1.82) is 0 Å². The summed E-state index contributed by atoms with van der Waals surface area (Å²) in [6, 6.07) is 12.5. The first kappa shape index (κ1) is 19.0. The van der Waals surface area contributed by atoms with Crippen molar-refractivity contribution in [3.8, 4) is 5.75 Å². The molecule has 2 aromatic carbocycles. The van der Waals surface area contributed by atoms with Gasteiger partial charge in [0.15, 0.2) is 6.10 Å². The second-order valence-electron chi connectivity index (χ2n) is 6.19. The highest BCUT2D eigenvalue weighted by molar-refractivity contribution is 6.31. The van der Waals surface area contributed by atoms with Gasteiger partial charge in [0, 0.05) is 16.6 Å². The van der Waals surface area contributed by atoms with Crippen molar-refractivity contribution in [3.63, 3.8) is 0 Å². The lowest BCUT2D eigenvalue weighted by atomic mass is 10.2. The minimum Gasteiger partial charge on any atom is -0.481 e. The average molecular weight is 386 g/mol. The summed E-state index contributed by atoms with van der Waals surface area (Å²) in [6.45, 7) is 3.75. The van der Waals surface area contributed by atoms with Gasteiger partial charge in [-0.2, -0.15) is 0 Å². The normalized spacial score (nSPS) is 12.0. The third kappa shape index (κ3) is 3.69. The number of fused-ring (bicyclic) bond motifs is 1. The molecule has 3 rings (SSSR count). The molecule has 0 spiro atoms. The van der Waals surface area contributed by atoms with Crippen LogP contribution in [-0.2, 0) is 4.74 Å². The number of ether oxygens (including phenoxy) is 2. The molecule has 3 aromatic rings. The average Bonchev–Trinajstić information content (AvgIpc) is 3.07. The molecule has 0 amide bonds. The van der Waals surface area contributed by atoms with Crippen LogP contribution in [0.4, 0.5) is 0 Å². The van der Waals surface area contributed by atoms with Crippen LogP contribution in [0.5, 0.6) is 5.75 Å². The predicted octanol–water partition coefficient (Wildman–Crippen LogP) is 4.89. The molecular weight excluding hydrogens is 366 g/mol. The summed E-state index contributed by atoms with van der Waals surface area (Å²) in [6.07, 6.45) is 1.28. The SMILES string of the molecule is CC[C@H](Oc1ccc(Cl)c(C)c1)C(=O)n1cc(C(=O)OC)c2ccccc21. The topological polar surface area (TPSA) is 57.5 Å². The standard InChI is InChI=1S/C21H20ClNO4/c1-4-19(27-14-9-10-17(22)13(2)11-14)20(24)23-12-16(21(25)26-3)15-7-5-6-8-18(15)23/h5-12,19H,4H2,1-3H3/t19-/m0/s1. The van der Waals surface area contributed by atoms with Gasteiger partial charge < -0.3 is 9.47 Å². The number of para-hydroxylation sites is 1. The van der Waals surface area contributed by atoms with Crippen LogP contribution >= 0.6 is 11.6 Å². The van der Waals surface area contributed by atoms with E-state index in [1.165, 1.54) is 17.9 Å². The Morgan fingerprint density at radius 3 is 2.59 bits per heavy atom. The third-order valence-corrected chi connectivity index (χ3v) is 4.83. The lowest BCUT2D eigenvalue weighted by Crippen LogP contribution is -2.31. The largest absolute Gasteiger partial charge is 0.481 e. The zero-order valence-electron chi connectivity index (χ0n) is 15.4. The molecule has 0 aliphatic rings. The molecule has 0 radical (unpaired) electrons. The molecule has 27 heavy (non-hydrogen) atoms. The molecule has 5 nitrogen and oxygen atoms in total. The van der Waals surface area contributed by atoms with Crippen LogP contribution in [0.2, 0.25) is 5.02 Å². The van der Waals surface area contributed by atoms with Gasteiger partial charge in [0.2, 0.25) is 0 Å². The maximum atomic E-state index is 13.1. The number of halogens is 1. The van der Waals surface area contributed by atoms with Crippen molar-refractivity contribution in [1.82, 2.24) is 4.57 Å². The summed E-state index contributed by atoms with van der Waals surface area (Å²) >= 11 is 6.05. The molecule has 0 saturated carbocycles. The quantitative estimate of drug-likeness (QED) is 0.587. The third-order valence-electron chi connectivity index (χ3n) is 4.41. The molecule has 0 aliphatic carbocycles. The van der Waals surface area contributed by atoms with Crippen LogP contribution in [0.15, 0.2) is 48.7 Å². The van der Waals surface area contributed by atoms with Crippen molar-refractivity contribution in [2.75, 3.05) is 7.11 Å². The number of esters is 1. The predicted molar refractivity (Wildman–Crippen MR) is 105 cm³/mol. The Morgan fingerprint density at radius 2 is 1.93 bits per heavy atom. The Bertz CT molecular complexity index is 1010. The summed E-state index contributed by atoms with van der Waals surface area (Å²) in [5.74, 6) is -0.168. The first-order chi connectivity index (χ1) is 13.0. The Morgan fingerprint density at radius 1 is 1.19 bits per heavy atom. The number of aryl methyl sites for hydroxylation is 1. The van der Waals surface area contributed by atoms with Gasteiger partial charge >= 0.3 is 5.97 Å². The summed E-state index contributed by atoms with van der Waals surface area (Å²) in [7, 11) is 1.32. The number of aromatic nitrogens is 1. The number of benzene rings is 2. The number of carbonyl (C=O) groups excluding carboxylic acids is 2. The van der Waals surface area contributed by atoms with Crippen LogP contribution in [-0.4, -0.2) is 29.7 Å². The molecule has 1 aromatic heterocycles. The van der Waals surface area contributed by atoms with Crippen molar-refractivity contribution in [3.05, 3.63) is 64.8 Å². The monoisotopic (exact) mass is 385 g/mol. The highest BCUT2D eigenvalue weighted by atomic mass is 35.5. The van der Waals surface area contributed by atoms with Gasteiger partial charge in [-0.05, 0) is 43.2 Å². The highest BCUT2D eigenvalue weighted by Crippen LogP contribution is 2.25. The van der Waals surface area contributed by atoms with Gasteiger partial charge in [-0.15, -0.1) is 0 Å². The zero-order chi connectivity index (χ0) is 19.6. The van der Waals surface area contributed by atoms with E-state index in [0.29, 0.717) is 33.7 Å². The van der Waals surface area contributed by atoms with Crippen LogP contribution < -0.4 is 4.74 Å². The molecule has 0 N–H and O–H groups in total. The molecule has 0 aliphatic heterocycles. The molecule has 6 heteroatoms. The molecule has 1 heterocycles. The van der Waals surface area contributed by atoms with E-state index in [4.69, 9.17) is 21.1 Å². The summed E-state index contributed by atoms with van der Waals surface area (Å²) < 4.78 is 12.2. The maximum Gasteiger partial charge on any atom is 0.340 e. The van der Waals surface area contributed by atoms with E-state index in [9.17, 15) is 9.59 Å². The van der Waals surface area contributed by atoms with Crippen molar-refractivity contribution < 1.29 is 19.1 Å². The van der Waals surface area contributed by atoms with E-state index in [1.807, 2.05) is 26.0 Å². The van der Waals surface area contributed by atoms with Gasteiger partial charge in [0.25, 0.3) is 5.91 Å². The lowest BCUT2D eigenvalue weighted by Gasteiger charge is -2.18. The fourth-order valence-corrected chi connectivity index (χ4v) is 3.07. The Balaban J connectivity index is 1.98. The highest BCUT2D eigenvalue weighted by Gasteiger charge is 2.25. The number of carbonyl (C=O) groups is 2. The van der Waals surface area contributed by atoms with Gasteiger partial charge in [-0.25, -0.2) is 4.79 Å². The van der Waals surface area contributed by atoms with E-state index in [2.05, 4.69) is 0 Å². The van der Waals surface area contributed by atoms with Gasteiger partial charge in [-0.1, -0.05) is 36.7 Å². The first-order valence-corrected chi connectivity index (χ1v) is 8.99. The van der Waals surface area contributed by atoms with Crippen LogP contribution in [0.1, 0.15) is 34.1 Å². The van der Waals surface area contributed by atoms with Gasteiger partial charge in [0.1, 0.15) is 5.75 Å². The molecule has 0 unspecified atom stereocenters. The summed E-state index contributed by atoms with van der Waals surface area (Å²) in [5, 5.41) is 1.30. The Hall–Kier alpha value is -2.79. The number of methoxy groups -OCH3 is 1. The van der Waals surface area contributed by atoms with E-state index >= 15 is 0 Å². The molecule has 0 saturated heterocycles. The van der Waals surface area contributed by atoms with Crippen molar-refractivity contribution >= 4 is 34.4 Å². The first-order valence-electron chi connectivity index (χ1n) is 8.61. The smallest absolute Gasteiger partial charge is 0.340 e. The van der Waals surface area contributed by atoms with Crippen LogP contribution in [0, 0.1) is 6.92 Å². The van der Waals surface area contributed by atoms with E-state index in [-0.39, 0.29) is 5.91 Å². The summed E-state index contributed by atoms with van der Waals surface area (Å²) in [5.41, 5.74) is 1.85. The number of hydrogen-bond acceptors (Lipinski definition) is 4. The lowest BCUT2D eigenvalue weighted by molar-refractivity contribution is 0.0602. The minimum absolute atomic E-state index is 0.253. The van der Waals surface area contributed by atoms with Crippen molar-refractivity contribution in [2.45, 2.75) is 26.4 Å². The van der Waals surface area contributed by atoms with Gasteiger partial charge in [-0.3, -0.25) is 9.36 Å². The van der Waals surface area contributed by atoms with Gasteiger partial charge in [0.05, 0.1) is 18.2 Å². The number of rotatable bonds is 5.